The summed E-state index contributed by atoms with van der Waals surface area (Å²) in [7, 11) is 0. The first kappa shape index (κ1) is 12.2. The van der Waals surface area contributed by atoms with Crippen LogP contribution in [0.5, 0.6) is 0 Å². The highest BCUT2D eigenvalue weighted by Crippen LogP contribution is 2.29. The second-order valence-corrected chi connectivity index (χ2v) is 4.05. The number of anilines is 3. The molecule has 0 spiro atoms. The van der Waals surface area contributed by atoms with E-state index in [0.717, 1.165) is 0 Å². The van der Waals surface area contributed by atoms with Gasteiger partial charge in [-0.2, -0.15) is 5.26 Å². The third-order valence-corrected chi connectivity index (χ3v) is 2.70. The van der Waals surface area contributed by atoms with E-state index >= 15 is 0 Å². The molecular formula is C13H9ClFN3. The fourth-order valence-corrected chi connectivity index (χ4v) is 1.76. The van der Waals surface area contributed by atoms with E-state index < -0.39 is 5.82 Å². The number of benzene rings is 2. The molecule has 5 heteroatoms. The van der Waals surface area contributed by atoms with Crippen LogP contribution in [-0.2, 0) is 0 Å². The van der Waals surface area contributed by atoms with Crippen molar-refractivity contribution in [2.45, 2.75) is 0 Å². The SMILES string of the molecule is N#Cc1c(F)cccc1Nc1ccc(N)cc1Cl. The summed E-state index contributed by atoms with van der Waals surface area (Å²) in [6.07, 6.45) is 0. The van der Waals surface area contributed by atoms with E-state index in [1.165, 1.54) is 12.1 Å². The lowest BCUT2D eigenvalue weighted by atomic mass is 10.1. The average Bonchev–Trinajstić information content (AvgIpc) is 2.33. The summed E-state index contributed by atoms with van der Waals surface area (Å²) in [5.74, 6) is -0.575. The Morgan fingerprint density at radius 1 is 1.22 bits per heavy atom. The second-order valence-electron chi connectivity index (χ2n) is 3.64. The van der Waals surface area contributed by atoms with Crippen molar-refractivity contribution in [1.29, 1.82) is 5.26 Å². The Morgan fingerprint density at radius 2 is 2.00 bits per heavy atom. The standard InChI is InChI=1S/C13H9ClFN3/c14-10-6-8(17)4-5-13(10)18-12-3-1-2-11(15)9(12)7-16/h1-6,18H,17H2. The zero-order chi connectivity index (χ0) is 13.1. The molecule has 90 valence electrons. The van der Waals surface area contributed by atoms with Crippen molar-refractivity contribution in [1.82, 2.24) is 0 Å². The summed E-state index contributed by atoms with van der Waals surface area (Å²) < 4.78 is 13.4. The second kappa shape index (κ2) is 4.94. The van der Waals surface area contributed by atoms with Crippen molar-refractivity contribution >= 4 is 28.7 Å². The van der Waals surface area contributed by atoms with Crippen LogP contribution in [0.1, 0.15) is 5.56 Å². The van der Waals surface area contributed by atoms with Crippen LogP contribution in [0.2, 0.25) is 5.02 Å². The fraction of sp³-hybridized carbons (Fsp3) is 0. The molecule has 0 fully saturated rings. The van der Waals surface area contributed by atoms with Gasteiger partial charge in [0, 0.05) is 5.69 Å². The van der Waals surface area contributed by atoms with Gasteiger partial charge in [0.1, 0.15) is 17.4 Å². The summed E-state index contributed by atoms with van der Waals surface area (Å²) in [6.45, 7) is 0. The summed E-state index contributed by atoms with van der Waals surface area (Å²) in [5, 5.41) is 12.2. The number of nitrogens with one attached hydrogen (secondary N) is 1. The van der Waals surface area contributed by atoms with Crippen molar-refractivity contribution in [2.75, 3.05) is 11.1 Å². The van der Waals surface area contributed by atoms with Crippen LogP contribution in [0, 0.1) is 17.1 Å². The molecule has 0 heterocycles. The van der Waals surface area contributed by atoms with Crippen LogP contribution in [0.3, 0.4) is 0 Å². The van der Waals surface area contributed by atoms with E-state index in [-0.39, 0.29) is 5.56 Å². The van der Waals surface area contributed by atoms with Gasteiger partial charge in [-0.25, -0.2) is 4.39 Å². The largest absolute Gasteiger partial charge is 0.399 e. The number of rotatable bonds is 2. The molecule has 3 N–H and O–H groups in total. The first-order valence-corrected chi connectivity index (χ1v) is 5.50. The number of nitrogens with zero attached hydrogens (tertiary/aromatic N) is 1. The molecule has 3 nitrogen and oxygen atoms in total. The zero-order valence-corrected chi connectivity index (χ0v) is 10.0. The predicted octanol–water partition coefficient (Wildman–Crippen LogP) is 3.68. The molecule has 0 saturated carbocycles. The number of halogens is 2. The Hall–Kier alpha value is -2.25. The van der Waals surface area contributed by atoms with E-state index in [9.17, 15) is 4.39 Å². The first-order chi connectivity index (χ1) is 8.61. The van der Waals surface area contributed by atoms with Crippen molar-refractivity contribution in [3.63, 3.8) is 0 Å². The molecule has 0 unspecified atom stereocenters. The van der Waals surface area contributed by atoms with Crippen LogP contribution >= 0.6 is 11.6 Å². The minimum atomic E-state index is -0.575. The van der Waals surface area contributed by atoms with Crippen LogP contribution in [0.4, 0.5) is 21.5 Å². The van der Waals surface area contributed by atoms with E-state index in [4.69, 9.17) is 22.6 Å². The predicted molar refractivity (Wildman–Crippen MR) is 70.3 cm³/mol. The van der Waals surface area contributed by atoms with Gasteiger partial charge >= 0.3 is 0 Å². The van der Waals surface area contributed by atoms with Gasteiger partial charge in [-0.15, -0.1) is 0 Å². The molecule has 0 amide bonds. The maximum atomic E-state index is 13.4. The minimum absolute atomic E-state index is 0.0506. The number of hydrogen-bond acceptors (Lipinski definition) is 3. The molecule has 2 aromatic rings. The van der Waals surface area contributed by atoms with Crippen LogP contribution < -0.4 is 11.1 Å². The molecule has 18 heavy (non-hydrogen) atoms. The van der Waals surface area contributed by atoms with E-state index in [1.807, 2.05) is 6.07 Å². The first-order valence-electron chi connectivity index (χ1n) is 5.12. The topological polar surface area (TPSA) is 61.8 Å². The molecule has 0 radical (unpaired) electrons. The van der Waals surface area contributed by atoms with Gasteiger partial charge in [-0.05, 0) is 30.3 Å². The van der Waals surface area contributed by atoms with Crippen LogP contribution in [0.15, 0.2) is 36.4 Å². The fourth-order valence-electron chi connectivity index (χ4n) is 1.52. The zero-order valence-electron chi connectivity index (χ0n) is 9.24. The highest BCUT2D eigenvalue weighted by molar-refractivity contribution is 6.33. The van der Waals surface area contributed by atoms with Gasteiger partial charge in [-0.3, -0.25) is 0 Å². The third kappa shape index (κ3) is 2.36. The summed E-state index contributed by atoms with van der Waals surface area (Å²) >= 11 is 6.00. The maximum absolute atomic E-state index is 13.4. The lowest BCUT2D eigenvalue weighted by Gasteiger charge is -2.10. The van der Waals surface area contributed by atoms with Crippen molar-refractivity contribution in [3.05, 3.63) is 52.8 Å². The molecule has 2 rings (SSSR count). The normalized spacial score (nSPS) is 9.83. The Morgan fingerprint density at radius 3 is 2.67 bits per heavy atom. The molecule has 0 aliphatic heterocycles. The number of hydrogen-bond donors (Lipinski definition) is 2. The van der Waals surface area contributed by atoms with Gasteiger partial charge in [0.15, 0.2) is 0 Å². The van der Waals surface area contributed by atoms with Crippen LogP contribution in [0.25, 0.3) is 0 Å². The van der Waals surface area contributed by atoms with E-state index in [2.05, 4.69) is 5.32 Å². The molecule has 0 bridgehead atoms. The molecule has 0 atom stereocenters. The highest BCUT2D eigenvalue weighted by Gasteiger charge is 2.09. The summed E-state index contributed by atoms with van der Waals surface area (Å²) in [4.78, 5) is 0. The van der Waals surface area contributed by atoms with Crippen molar-refractivity contribution < 1.29 is 4.39 Å². The average molecular weight is 262 g/mol. The Bertz CT molecular complexity index is 635. The molecule has 0 aliphatic rings. The molecule has 0 saturated heterocycles. The van der Waals surface area contributed by atoms with Gasteiger partial charge in [0.25, 0.3) is 0 Å². The Kier molecular flexibility index (Phi) is 3.35. The molecule has 0 aliphatic carbocycles. The van der Waals surface area contributed by atoms with Crippen molar-refractivity contribution in [2.24, 2.45) is 0 Å². The van der Waals surface area contributed by atoms with Gasteiger partial charge in [0.05, 0.1) is 16.4 Å². The summed E-state index contributed by atoms with van der Waals surface area (Å²) in [5.41, 5.74) is 6.99. The minimum Gasteiger partial charge on any atom is -0.399 e. The Labute approximate surface area is 109 Å². The lowest BCUT2D eigenvalue weighted by Crippen LogP contribution is -1.97. The highest BCUT2D eigenvalue weighted by atomic mass is 35.5. The van der Waals surface area contributed by atoms with E-state index in [0.29, 0.717) is 22.1 Å². The number of nitriles is 1. The monoisotopic (exact) mass is 261 g/mol. The third-order valence-electron chi connectivity index (χ3n) is 2.39. The van der Waals surface area contributed by atoms with Gasteiger partial charge in [0.2, 0.25) is 0 Å². The van der Waals surface area contributed by atoms with Gasteiger partial charge in [-0.1, -0.05) is 17.7 Å². The van der Waals surface area contributed by atoms with Crippen LogP contribution in [-0.4, -0.2) is 0 Å². The lowest BCUT2D eigenvalue weighted by molar-refractivity contribution is 0.624. The molecule has 0 aromatic heterocycles. The smallest absolute Gasteiger partial charge is 0.143 e. The molecular weight excluding hydrogens is 253 g/mol. The maximum Gasteiger partial charge on any atom is 0.143 e. The summed E-state index contributed by atoms with van der Waals surface area (Å²) in [6, 6.07) is 11.1. The number of nitrogens with two attached hydrogens (primary N) is 1. The quantitative estimate of drug-likeness (QED) is 0.811. The van der Waals surface area contributed by atoms with Gasteiger partial charge < -0.3 is 11.1 Å². The van der Waals surface area contributed by atoms with Crippen molar-refractivity contribution in [3.8, 4) is 6.07 Å². The number of nitrogen functional groups attached to an aromatic ring is 1. The molecule has 2 aromatic carbocycles. The van der Waals surface area contributed by atoms with E-state index in [1.54, 1.807) is 24.3 Å². The Balaban J connectivity index is 2.41.